The quantitative estimate of drug-likeness (QED) is 0.483. The first-order valence-electron chi connectivity index (χ1n) is 4.68. The molecular weight excluding hydrogens is 156 g/mol. The second-order valence-corrected chi connectivity index (χ2v) is 3.14. The molecule has 3 nitrogen and oxygen atoms in total. The fourth-order valence-corrected chi connectivity index (χ4v) is 1.52. The Kier molecular flexibility index (Phi) is 4.08. The summed E-state index contributed by atoms with van der Waals surface area (Å²) in [7, 11) is 0. The lowest BCUT2D eigenvalue weighted by Gasteiger charge is -2.18. The Morgan fingerprint density at radius 1 is 1.33 bits per heavy atom. The zero-order chi connectivity index (χ0) is 8.81. The Bertz CT molecular complexity index is 139. The molecule has 0 aromatic heterocycles. The minimum absolute atomic E-state index is 0.0882. The largest absolute Gasteiger partial charge is 0.345 e. The highest BCUT2D eigenvalue weighted by Crippen LogP contribution is 2.24. The standard InChI is InChI=1S/C9H16O3/c1-2-11-12-9(10)8-6-4-3-5-7-8/h8H,2-7H2,1H3. The zero-order valence-corrected chi connectivity index (χ0v) is 7.54. The van der Waals surface area contributed by atoms with E-state index >= 15 is 0 Å². The molecule has 0 heterocycles. The summed E-state index contributed by atoms with van der Waals surface area (Å²) in [4.78, 5) is 20.4. The highest BCUT2D eigenvalue weighted by atomic mass is 17.2. The van der Waals surface area contributed by atoms with Gasteiger partial charge in [0.15, 0.2) is 0 Å². The lowest BCUT2D eigenvalue weighted by Crippen LogP contribution is -2.20. The Hall–Kier alpha value is -0.570. The van der Waals surface area contributed by atoms with E-state index in [1.807, 2.05) is 0 Å². The Morgan fingerprint density at radius 2 is 2.00 bits per heavy atom. The van der Waals surface area contributed by atoms with Gasteiger partial charge in [0.05, 0.1) is 12.5 Å². The summed E-state index contributed by atoms with van der Waals surface area (Å²) in [6.45, 7) is 2.23. The van der Waals surface area contributed by atoms with E-state index < -0.39 is 0 Å². The molecule has 1 rings (SSSR count). The van der Waals surface area contributed by atoms with Crippen LogP contribution in [0.5, 0.6) is 0 Å². The van der Waals surface area contributed by atoms with E-state index in [2.05, 4.69) is 9.78 Å². The lowest BCUT2D eigenvalue weighted by atomic mass is 9.89. The first kappa shape index (κ1) is 9.52. The summed E-state index contributed by atoms with van der Waals surface area (Å²) < 4.78 is 0. The maximum atomic E-state index is 11.2. The molecule has 0 bridgehead atoms. The van der Waals surface area contributed by atoms with Gasteiger partial charge in [-0.1, -0.05) is 19.3 Å². The average Bonchev–Trinajstić information content (AvgIpc) is 2.15. The second kappa shape index (κ2) is 5.14. The molecule has 1 fully saturated rings. The molecule has 0 atom stereocenters. The smallest absolute Gasteiger partial charge is 0.298 e. The predicted molar refractivity (Wildman–Crippen MR) is 44.3 cm³/mol. The Balaban J connectivity index is 2.20. The van der Waals surface area contributed by atoms with Crippen molar-refractivity contribution in [2.24, 2.45) is 5.92 Å². The molecule has 0 spiro atoms. The summed E-state index contributed by atoms with van der Waals surface area (Å²) in [5, 5.41) is 0. The summed E-state index contributed by atoms with van der Waals surface area (Å²) >= 11 is 0. The van der Waals surface area contributed by atoms with Gasteiger partial charge in [0.25, 0.3) is 0 Å². The molecule has 70 valence electrons. The highest BCUT2D eigenvalue weighted by molar-refractivity contribution is 5.71. The van der Waals surface area contributed by atoms with E-state index in [4.69, 9.17) is 0 Å². The molecule has 0 aromatic carbocycles. The SMILES string of the molecule is CCOOC(=O)C1CCCCC1. The Labute approximate surface area is 73.0 Å². The van der Waals surface area contributed by atoms with Crippen molar-refractivity contribution in [2.75, 3.05) is 6.61 Å². The van der Waals surface area contributed by atoms with Crippen molar-refractivity contribution in [3.8, 4) is 0 Å². The predicted octanol–water partition coefficient (Wildman–Crippen LogP) is 2.06. The minimum atomic E-state index is -0.184. The zero-order valence-electron chi connectivity index (χ0n) is 7.54. The van der Waals surface area contributed by atoms with E-state index in [0.29, 0.717) is 6.61 Å². The van der Waals surface area contributed by atoms with Gasteiger partial charge in [-0.25, -0.2) is 4.79 Å². The van der Waals surface area contributed by atoms with Crippen LogP contribution >= 0.6 is 0 Å². The van der Waals surface area contributed by atoms with Crippen LogP contribution in [-0.2, 0) is 14.6 Å². The Morgan fingerprint density at radius 3 is 2.58 bits per heavy atom. The molecule has 0 unspecified atom stereocenters. The molecule has 1 saturated carbocycles. The molecule has 1 aliphatic rings. The third kappa shape index (κ3) is 2.81. The molecule has 0 radical (unpaired) electrons. The number of carbonyl (C=O) groups is 1. The van der Waals surface area contributed by atoms with Crippen molar-refractivity contribution in [2.45, 2.75) is 39.0 Å². The lowest BCUT2D eigenvalue weighted by molar-refractivity contribution is -0.274. The van der Waals surface area contributed by atoms with Crippen LogP contribution in [0.25, 0.3) is 0 Å². The van der Waals surface area contributed by atoms with Gasteiger partial charge in [-0.3, -0.25) is 4.89 Å². The summed E-state index contributed by atoms with van der Waals surface area (Å²) in [5.41, 5.74) is 0. The number of hydrogen-bond donors (Lipinski definition) is 0. The monoisotopic (exact) mass is 172 g/mol. The van der Waals surface area contributed by atoms with Gasteiger partial charge in [-0.15, -0.1) is 0 Å². The molecule has 0 saturated heterocycles. The fraction of sp³-hybridized carbons (Fsp3) is 0.889. The first-order chi connectivity index (χ1) is 5.84. The average molecular weight is 172 g/mol. The van der Waals surface area contributed by atoms with Crippen molar-refractivity contribution in [3.05, 3.63) is 0 Å². The van der Waals surface area contributed by atoms with Crippen molar-refractivity contribution >= 4 is 5.97 Å². The molecule has 12 heavy (non-hydrogen) atoms. The van der Waals surface area contributed by atoms with Crippen LogP contribution in [0.3, 0.4) is 0 Å². The maximum absolute atomic E-state index is 11.2. The summed E-state index contributed by atoms with van der Waals surface area (Å²) in [5.74, 6) is -0.0955. The van der Waals surface area contributed by atoms with Crippen molar-refractivity contribution < 1.29 is 14.6 Å². The third-order valence-corrected chi connectivity index (χ3v) is 2.20. The molecular formula is C9H16O3. The van der Waals surface area contributed by atoms with Crippen LogP contribution in [-0.4, -0.2) is 12.6 Å². The van der Waals surface area contributed by atoms with Gasteiger partial charge >= 0.3 is 5.97 Å². The van der Waals surface area contributed by atoms with Crippen LogP contribution in [0.2, 0.25) is 0 Å². The van der Waals surface area contributed by atoms with Gasteiger partial charge in [-0.2, -0.15) is 4.89 Å². The molecule has 1 aliphatic carbocycles. The molecule has 0 N–H and O–H groups in total. The van der Waals surface area contributed by atoms with Crippen LogP contribution in [0.15, 0.2) is 0 Å². The van der Waals surface area contributed by atoms with Crippen molar-refractivity contribution in [1.29, 1.82) is 0 Å². The van der Waals surface area contributed by atoms with Crippen LogP contribution < -0.4 is 0 Å². The fourth-order valence-electron chi connectivity index (χ4n) is 1.52. The molecule has 0 aromatic rings. The number of rotatable bonds is 3. The van der Waals surface area contributed by atoms with Crippen LogP contribution in [0, 0.1) is 5.92 Å². The maximum Gasteiger partial charge on any atom is 0.345 e. The number of hydrogen-bond acceptors (Lipinski definition) is 3. The third-order valence-electron chi connectivity index (χ3n) is 2.20. The van der Waals surface area contributed by atoms with Gasteiger partial charge in [0, 0.05) is 0 Å². The van der Waals surface area contributed by atoms with Gasteiger partial charge in [0.1, 0.15) is 0 Å². The summed E-state index contributed by atoms with van der Waals surface area (Å²) in [6, 6.07) is 0. The van der Waals surface area contributed by atoms with E-state index in [1.165, 1.54) is 6.42 Å². The first-order valence-corrected chi connectivity index (χ1v) is 4.68. The normalized spacial score (nSPS) is 19.1. The van der Waals surface area contributed by atoms with E-state index in [0.717, 1.165) is 25.7 Å². The van der Waals surface area contributed by atoms with Crippen molar-refractivity contribution in [1.82, 2.24) is 0 Å². The van der Waals surface area contributed by atoms with Crippen LogP contribution in [0.1, 0.15) is 39.0 Å². The molecule has 0 amide bonds. The summed E-state index contributed by atoms with van der Waals surface area (Å²) in [6.07, 6.45) is 5.47. The number of carbonyl (C=O) groups excluding carboxylic acids is 1. The van der Waals surface area contributed by atoms with Crippen molar-refractivity contribution in [3.63, 3.8) is 0 Å². The van der Waals surface area contributed by atoms with Crippen LogP contribution in [0.4, 0.5) is 0 Å². The van der Waals surface area contributed by atoms with E-state index in [1.54, 1.807) is 6.92 Å². The van der Waals surface area contributed by atoms with E-state index in [9.17, 15) is 4.79 Å². The highest BCUT2D eigenvalue weighted by Gasteiger charge is 2.22. The molecule has 0 aliphatic heterocycles. The van der Waals surface area contributed by atoms with Gasteiger partial charge in [-0.05, 0) is 19.8 Å². The molecule has 3 heteroatoms. The second-order valence-electron chi connectivity index (χ2n) is 3.14. The topological polar surface area (TPSA) is 35.5 Å². The van der Waals surface area contributed by atoms with Gasteiger partial charge in [0.2, 0.25) is 0 Å². The van der Waals surface area contributed by atoms with Gasteiger partial charge < -0.3 is 0 Å². The van der Waals surface area contributed by atoms with E-state index in [-0.39, 0.29) is 11.9 Å². The minimum Gasteiger partial charge on any atom is -0.298 e.